The molecule has 0 aromatic carbocycles. The Morgan fingerprint density at radius 1 is 1.38 bits per heavy atom. The number of carbonyl (C=O) groups is 3. The van der Waals surface area contributed by atoms with Gasteiger partial charge in [0.1, 0.15) is 6.04 Å². The van der Waals surface area contributed by atoms with Gasteiger partial charge in [-0.25, -0.2) is 4.79 Å². The van der Waals surface area contributed by atoms with Crippen LogP contribution in [0.4, 0.5) is 4.79 Å². The lowest BCUT2D eigenvalue weighted by Gasteiger charge is -2.22. The molecule has 92 valence electrons. The number of hydrogen-bond acceptors (Lipinski definition) is 4. The maximum atomic E-state index is 11.3. The van der Waals surface area contributed by atoms with Crippen molar-refractivity contribution in [3.05, 3.63) is 0 Å². The molecular weight excluding hydrogens is 214 g/mol. The van der Waals surface area contributed by atoms with Crippen LogP contribution in [0.1, 0.15) is 13.3 Å². The zero-order valence-electron chi connectivity index (χ0n) is 9.61. The number of amides is 3. The Balaban J connectivity index is 4.22. The second-order valence-corrected chi connectivity index (χ2v) is 3.30. The van der Waals surface area contributed by atoms with Gasteiger partial charge in [-0.3, -0.25) is 19.8 Å². The van der Waals surface area contributed by atoms with E-state index in [2.05, 4.69) is 10.6 Å². The standard InChI is InChI=1S/C9H17N3O4/c1-4-6(8(14)15)12(3)5-7(13)11-9(16)10-2/h6H,4-5H2,1-3H3,(H,14,15)(H2,10,11,13,16). The van der Waals surface area contributed by atoms with E-state index in [-0.39, 0.29) is 6.54 Å². The minimum absolute atomic E-state index is 0.141. The summed E-state index contributed by atoms with van der Waals surface area (Å²) in [6.45, 7) is 1.57. The molecule has 7 nitrogen and oxygen atoms in total. The Bertz CT molecular complexity index is 280. The van der Waals surface area contributed by atoms with Gasteiger partial charge in [-0.15, -0.1) is 0 Å². The van der Waals surface area contributed by atoms with Crippen molar-refractivity contribution in [2.24, 2.45) is 0 Å². The quantitative estimate of drug-likeness (QED) is 0.577. The van der Waals surface area contributed by atoms with Crippen molar-refractivity contribution < 1.29 is 19.5 Å². The number of nitrogens with one attached hydrogen (secondary N) is 2. The van der Waals surface area contributed by atoms with E-state index in [4.69, 9.17) is 5.11 Å². The van der Waals surface area contributed by atoms with E-state index in [0.29, 0.717) is 6.42 Å². The van der Waals surface area contributed by atoms with Crippen molar-refractivity contribution in [3.63, 3.8) is 0 Å². The summed E-state index contributed by atoms with van der Waals surface area (Å²) in [6, 6.07) is -1.34. The third-order valence-corrected chi connectivity index (χ3v) is 2.08. The molecule has 16 heavy (non-hydrogen) atoms. The van der Waals surface area contributed by atoms with E-state index in [1.54, 1.807) is 6.92 Å². The second-order valence-electron chi connectivity index (χ2n) is 3.30. The average molecular weight is 231 g/mol. The number of nitrogens with zero attached hydrogens (tertiary/aromatic N) is 1. The van der Waals surface area contributed by atoms with Crippen LogP contribution in [0.25, 0.3) is 0 Å². The highest BCUT2D eigenvalue weighted by Gasteiger charge is 2.22. The molecule has 0 aromatic rings. The molecule has 3 N–H and O–H groups in total. The molecular formula is C9H17N3O4. The highest BCUT2D eigenvalue weighted by molar-refractivity contribution is 5.95. The van der Waals surface area contributed by atoms with Crippen LogP contribution < -0.4 is 10.6 Å². The fraction of sp³-hybridized carbons (Fsp3) is 0.667. The lowest BCUT2D eigenvalue weighted by Crippen LogP contribution is -2.47. The highest BCUT2D eigenvalue weighted by atomic mass is 16.4. The summed E-state index contributed by atoms with van der Waals surface area (Å²) in [4.78, 5) is 34.2. The Morgan fingerprint density at radius 2 is 1.94 bits per heavy atom. The maximum absolute atomic E-state index is 11.3. The number of carboxylic acid groups (broad SMARTS) is 1. The van der Waals surface area contributed by atoms with Crippen LogP contribution >= 0.6 is 0 Å². The number of likely N-dealkylation sites (N-methyl/N-ethyl adjacent to an activating group) is 1. The first kappa shape index (κ1) is 14.4. The number of imide groups is 1. The molecule has 1 atom stereocenters. The van der Waals surface area contributed by atoms with Crippen molar-refractivity contribution >= 4 is 17.9 Å². The van der Waals surface area contributed by atoms with E-state index >= 15 is 0 Å². The second kappa shape index (κ2) is 6.78. The summed E-state index contributed by atoms with van der Waals surface area (Å²) in [5.74, 6) is -1.53. The van der Waals surface area contributed by atoms with Crippen LogP contribution in [0.15, 0.2) is 0 Å². The molecule has 0 bridgehead atoms. The molecule has 7 heteroatoms. The third kappa shape index (κ3) is 4.74. The van der Waals surface area contributed by atoms with Crippen LogP contribution in [0, 0.1) is 0 Å². The monoisotopic (exact) mass is 231 g/mol. The Kier molecular flexibility index (Phi) is 6.09. The third-order valence-electron chi connectivity index (χ3n) is 2.08. The molecule has 0 saturated carbocycles. The molecule has 0 aliphatic heterocycles. The van der Waals surface area contributed by atoms with Crippen molar-refractivity contribution in [1.82, 2.24) is 15.5 Å². The Labute approximate surface area is 93.8 Å². The minimum atomic E-state index is -0.988. The number of urea groups is 1. The topological polar surface area (TPSA) is 98.7 Å². The van der Waals surface area contributed by atoms with Gasteiger partial charge in [0, 0.05) is 7.05 Å². The number of hydrogen-bond donors (Lipinski definition) is 3. The summed E-state index contributed by atoms with van der Waals surface area (Å²) in [5, 5.41) is 13.1. The van der Waals surface area contributed by atoms with Gasteiger partial charge in [0.25, 0.3) is 0 Å². The first-order valence-corrected chi connectivity index (χ1v) is 4.87. The molecule has 0 aliphatic rings. The zero-order chi connectivity index (χ0) is 12.7. The van der Waals surface area contributed by atoms with E-state index < -0.39 is 23.9 Å². The van der Waals surface area contributed by atoms with E-state index in [9.17, 15) is 14.4 Å². The van der Waals surface area contributed by atoms with Crippen molar-refractivity contribution in [3.8, 4) is 0 Å². The molecule has 0 rings (SSSR count). The summed E-state index contributed by atoms with van der Waals surface area (Å²) in [7, 11) is 2.91. The SMILES string of the molecule is CCC(C(=O)O)N(C)CC(=O)NC(=O)NC. The van der Waals surface area contributed by atoms with Crippen LogP contribution in [0.2, 0.25) is 0 Å². The lowest BCUT2D eigenvalue weighted by molar-refractivity contribution is -0.143. The fourth-order valence-electron chi connectivity index (χ4n) is 1.24. The van der Waals surface area contributed by atoms with Crippen molar-refractivity contribution in [1.29, 1.82) is 0 Å². The van der Waals surface area contributed by atoms with Gasteiger partial charge in [-0.1, -0.05) is 6.92 Å². The highest BCUT2D eigenvalue weighted by Crippen LogP contribution is 2.00. The maximum Gasteiger partial charge on any atom is 0.321 e. The normalized spacial score (nSPS) is 12.0. The lowest BCUT2D eigenvalue weighted by atomic mass is 10.2. The van der Waals surface area contributed by atoms with E-state index in [1.807, 2.05) is 0 Å². The number of carbonyl (C=O) groups excluding carboxylic acids is 2. The molecule has 3 amide bonds. The van der Waals surface area contributed by atoms with Crippen LogP contribution in [-0.4, -0.2) is 54.6 Å². The van der Waals surface area contributed by atoms with E-state index in [1.165, 1.54) is 19.0 Å². The minimum Gasteiger partial charge on any atom is -0.480 e. The summed E-state index contributed by atoms with van der Waals surface area (Å²) >= 11 is 0. The van der Waals surface area contributed by atoms with Gasteiger partial charge in [0.2, 0.25) is 5.91 Å². The van der Waals surface area contributed by atoms with Gasteiger partial charge in [-0.2, -0.15) is 0 Å². The molecule has 0 aromatic heterocycles. The van der Waals surface area contributed by atoms with E-state index in [0.717, 1.165) is 0 Å². The number of carboxylic acids is 1. The largest absolute Gasteiger partial charge is 0.480 e. The molecule has 0 heterocycles. The molecule has 0 radical (unpaired) electrons. The van der Waals surface area contributed by atoms with Gasteiger partial charge >= 0.3 is 12.0 Å². The molecule has 1 unspecified atom stereocenters. The first-order chi connectivity index (χ1) is 7.42. The number of rotatable bonds is 5. The van der Waals surface area contributed by atoms with Gasteiger partial charge in [-0.05, 0) is 13.5 Å². The Hall–Kier alpha value is -1.63. The summed E-state index contributed by atoms with van der Waals surface area (Å²) in [6.07, 6.45) is 0.388. The van der Waals surface area contributed by atoms with Gasteiger partial charge in [0.15, 0.2) is 0 Å². The van der Waals surface area contributed by atoms with Crippen LogP contribution in [-0.2, 0) is 9.59 Å². The fourth-order valence-corrected chi connectivity index (χ4v) is 1.24. The first-order valence-electron chi connectivity index (χ1n) is 4.87. The molecule has 0 aliphatic carbocycles. The number of aliphatic carboxylic acids is 1. The van der Waals surface area contributed by atoms with Gasteiger partial charge in [0.05, 0.1) is 6.54 Å². The van der Waals surface area contributed by atoms with Gasteiger partial charge < -0.3 is 10.4 Å². The summed E-state index contributed by atoms with van der Waals surface area (Å²) < 4.78 is 0. The summed E-state index contributed by atoms with van der Waals surface area (Å²) in [5.41, 5.74) is 0. The molecule has 0 fully saturated rings. The predicted molar refractivity (Wildman–Crippen MR) is 56.9 cm³/mol. The molecule has 0 spiro atoms. The average Bonchev–Trinajstić information content (AvgIpc) is 2.17. The van der Waals surface area contributed by atoms with Crippen molar-refractivity contribution in [2.45, 2.75) is 19.4 Å². The zero-order valence-corrected chi connectivity index (χ0v) is 9.61. The Morgan fingerprint density at radius 3 is 2.31 bits per heavy atom. The molecule has 0 saturated heterocycles. The predicted octanol–water partition coefficient (Wildman–Crippen LogP) is -0.763. The van der Waals surface area contributed by atoms with Crippen molar-refractivity contribution in [2.75, 3.05) is 20.6 Å². The van der Waals surface area contributed by atoms with Crippen LogP contribution in [0.3, 0.4) is 0 Å². The smallest absolute Gasteiger partial charge is 0.321 e. The van der Waals surface area contributed by atoms with Crippen LogP contribution in [0.5, 0.6) is 0 Å².